The van der Waals surface area contributed by atoms with Crippen molar-refractivity contribution in [2.75, 3.05) is 13.7 Å². The van der Waals surface area contributed by atoms with Gasteiger partial charge in [0.15, 0.2) is 6.61 Å². The van der Waals surface area contributed by atoms with Gasteiger partial charge in [-0.15, -0.1) is 0 Å². The Morgan fingerprint density at radius 3 is 2.26 bits per heavy atom. The highest BCUT2D eigenvalue weighted by Gasteiger charge is 2.27. The quantitative estimate of drug-likeness (QED) is 0.663. The van der Waals surface area contributed by atoms with Crippen molar-refractivity contribution >= 4 is 33.5 Å². The number of carbonyl (C=O) groups excluding carboxylic acids is 2. The first kappa shape index (κ1) is 23.4. The number of benzene rings is 1. The molecule has 0 heterocycles. The number of carbonyl (C=O) groups is 2. The molecule has 2 N–H and O–H groups in total. The Morgan fingerprint density at radius 1 is 1.15 bits per heavy atom. The first-order chi connectivity index (χ1) is 12.2. The van der Waals surface area contributed by atoms with E-state index in [9.17, 15) is 18.0 Å². The van der Waals surface area contributed by atoms with Gasteiger partial charge in [0.2, 0.25) is 10.0 Å². The normalized spacial score (nSPS) is 12.6. The summed E-state index contributed by atoms with van der Waals surface area (Å²) < 4.78 is 31.0. The molecule has 0 saturated heterocycles. The Kier molecular flexibility index (Phi) is 7.44. The molecule has 0 atom stereocenters. The summed E-state index contributed by atoms with van der Waals surface area (Å²) in [6.07, 6.45) is 0.738. The van der Waals surface area contributed by atoms with Gasteiger partial charge >= 0.3 is 5.97 Å². The van der Waals surface area contributed by atoms with Gasteiger partial charge in [0.25, 0.3) is 5.91 Å². The van der Waals surface area contributed by atoms with Gasteiger partial charge in [-0.1, -0.05) is 32.4 Å². The predicted octanol–water partition coefficient (Wildman–Crippen LogP) is 2.74. The van der Waals surface area contributed by atoms with Crippen LogP contribution < -0.4 is 10.0 Å². The molecule has 1 aromatic carbocycles. The molecular weight excluding hydrogens is 392 g/mol. The number of amides is 1. The number of hydrogen-bond donors (Lipinski definition) is 2. The van der Waals surface area contributed by atoms with Crippen LogP contribution in [0.1, 0.15) is 51.4 Å². The molecule has 152 valence electrons. The van der Waals surface area contributed by atoms with E-state index >= 15 is 0 Å². The fourth-order valence-electron chi connectivity index (χ4n) is 2.94. The van der Waals surface area contributed by atoms with Gasteiger partial charge in [0, 0.05) is 5.54 Å². The van der Waals surface area contributed by atoms with Gasteiger partial charge in [-0.3, -0.25) is 4.79 Å². The van der Waals surface area contributed by atoms with Crippen LogP contribution in [0.15, 0.2) is 23.1 Å². The van der Waals surface area contributed by atoms with Crippen molar-refractivity contribution in [3.63, 3.8) is 0 Å². The lowest BCUT2D eigenvalue weighted by atomic mass is 9.82. The molecule has 1 rings (SSSR count). The number of hydrogen-bond acceptors (Lipinski definition) is 5. The summed E-state index contributed by atoms with van der Waals surface area (Å²) in [5, 5.41) is 2.80. The van der Waals surface area contributed by atoms with Gasteiger partial charge in [-0.2, -0.15) is 0 Å². The summed E-state index contributed by atoms with van der Waals surface area (Å²) in [5.74, 6) is -1.25. The Labute approximate surface area is 165 Å². The van der Waals surface area contributed by atoms with E-state index in [-0.39, 0.29) is 20.9 Å². The van der Waals surface area contributed by atoms with E-state index in [1.807, 2.05) is 13.8 Å². The summed E-state index contributed by atoms with van der Waals surface area (Å²) in [4.78, 5) is 24.0. The Morgan fingerprint density at radius 2 is 1.74 bits per heavy atom. The summed E-state index contributed by atoms with van der Waals surface area (Å²) in [7, 11) is -2.59. The third-order valence-corrected chi connectivity index (χ3v) is 5.41. The maximum atomic E-state index is 12.2. The molecule has 0 aliphatic carbocycles. The van der Waals surface area contributed by atoms with Crippen LogP contribution in [0.3, 0.4) is 0 Å². The number of rotatable bonds is 7. The molecule has 0 spiro atoms. The van der Waals surface area contributed by atoms with Crippen molar-refractivity contribution in [1.82, 2.24) is 10.0 Å². The number of halogens is 1. The molecule has 0 aliphatic rings. The lowest BCUT2D eigenvalue weighted by Gasteiger charge is -2.33. The minimum absolute atomic E-state index is 0.0185. The number of esters is 1. The number of sulfonamides is 1. The molecule has 0 radical (unpaired) electrons. The van der Waals surface area contributed by atoms with Gasteiger partial charge in [0.05, 0.1) is 10.6 Å². The fourth-order valence-corrected chi connectivity index (χ4v) is 4.19. The summed E-state index contributed by atoms with van der Waals surface area (Å²) in [6.45, 7) is 9.52. The summed E-state index contributed by atoms with van der Waals surface area (Å²) in [5.41, 5.74) is -0.461. The Bertz CT molecular complexity index is 814. The van der Waals surface area contributed by atoms with Crippen molar-refractivity contribution in [2.45, 2.75) is 51.5 Å². The van der Waals surface area contributed by atoms with E-state index in [1.165, 1.54) is 19.2 Å². The number of ether oxygens (including phenoxy) is 1. The smallest absolute Gasteiger partial charge is 0.338 e. The van der Waals surface area contributed by atoms with Crippen LogP contribution in [0, 0.1) is 5.41 Å². The van der Waals surface area contributed by atoms with Gasteiger partial charge in [-0.25, -0.2) is 17.9 Å². The molecule has 0 fully saturated rings. The van der Waals surface area contributed by atoms with Gasteiger partial charge in [-0.05, 0) is 50.9 Å². The molecule has 7 nitrogen and oxygen atoms in total. The second-order valence-corrected chi connectivity index (χ2v) is 10.4. The van der Waals surface area contributed by atoms with E-state index in [1.54, 1.807) is 0 Å². The first-order valence-electron chi connectivity index (χ1n) is 8.38. The zero-order chi connectivity index (χ0) is 21.0. The number of nitrogens with one attached hydrogen (secondary N) is 2. The van der Waals surface area contributed by atoms with E-state index in [2.05, 4.69) is 30.8 Å². The van der Waals surface area contributed by atoms with Crippen LogP contribution in [0.4, 0.5) is 0 Å². The SMILES string of the molecule is CNS(=O)(=O)c1cc(C(=O)OCC(=O)NC(C)(C)CC(C)(C)C)ccc1Cl. The summed E-state index contributed by atoms with van der Waals surface area (Å²) >= 11 is 5.88. The van der Waals surface area contributed by atoms with Crippen molar-refractivity contribution < 1.29 is 22.7 Å². The van der Waals surface area contributed by atoms with Crippen LogP contribution in [0.2, 0.25) is 5.02 Å². The molecular formula is C18H27ClN2O5S. The molecule has 1 amide bonds. The average Bonchev–Trinajstić information content (AvgIpc) is 2.49. The van der Waals surface area contributed by atoms with Crippen LogP contribution in [-0.2, 0) is 19.6 Å². The second kappa shape index (κ2) is 8.58. The standard InChI is InChI=1S/C18H27ClN2O5S/c1-17(2,3)11-18(4,5)21-15(22)10-26-16(23)12-7-8-13(19)14(9-12)27(24,25)20-6/h7-9,20H,10-11H2,1-6H3,(H,21,22). The van der Waals surface area contributed by atoms with Crippen LogP contribution in [-0.4, -0.2) is 39.5 Å². The van der Waals surface area contributed by atoms with E-state index in [4.69, 9.17) is 16.3 Å². The molecule has 0 aliphatic heterocycles. The van der Waals surface area contributed by atoms with Crippen molar-refractivity contribution in [2.24, 2.45) is 5.41 Å². The van der Waals surface area contributed by atoms with Crippen LogP contribution in [0.25, 0.3) is 0 Å². The topological polar surface area (TPSA) is 102 Å². The molecule has 27 heavy (non-hydrogen) atoms. The van der Waals surface area contributed by atoms with Crippen molar-refractivity contribution in [1.29, 1.82) is 0 Å². The highest BCUT2D eigenvalue weighted by Crippen LogP contribution is 2.26. The monoisotopic (exact) mass is 418 g/mol. The molecule has 0 unspecified atom stereocenters. The fraction of sp³-hybridized carbons (Fsp3) is 0.556. The molecule has 1 aromatic rings. The highest BCUT2D eigenvalue weighted by atomic mass is 35.5. The highest BCUT2D eigenvalue weighted by molar-refractivity contribution is 7.89. The average molecular weight is 419 g/mol. The molecule has 0 saturated carbocycles. The van der Waals surface area contributed by atoms with E-state index in [0.29, 0.717) is 0 Å². The minimum atomic E-state index is -3.83. The lowest BCUT2D eigenvalue weighted by molar-refractivity contribution is -0.126. The first-order valence-corrected chi connectivity index (χ1v) is 10.2. The van der Waals surface area contributed by atoms with Gasteiger partial charge in [0.1, 0.15) is 4.90 Å². The van der Waals surface area contributed by atoms with Crippen LogP contribution >= 0.6 is 11.6 Å². The molecule has 0 bridgehead atoms. The van der Waals surface area contributed by atoms with E-state index in [0.717, 1.165) is 12.5 Å². The second-order valence-electron chi connectivity index (χ2n) is 8.10. The van der Waals surface area contributed by atoms with Crippen molar-refractivity contribution in [3.05, 3.63) is 28.8 Å². The summed E-state index contributed by atoms with van der Waals surface area (Å²) in [6, 6.07) is 3.73. The maximum absolute atomic E-state index is 12.2. The Hall–Kier alpha value is -1.64. The third-order valence-electron chi connectivity index (χ3n) is 3.51. The minimum Gasteiger partial charge on any atom is -0.452 e. The lowest BCUT2D eigenvalue weighted by Crippen LogP contribution is -2.47. The molecule has 0 aromatic heterocycles. The zero-order valence-corrected chi connectivity index (χ0v) is 18.0. The van der Waals surface area contributed by atoms with E-state index < -0.39 is 34.0 Å². The zero-order valence-electron chi connectivity index (χ0n) is 16.5. The predicted molar refractivity (Wildman–Crippen MR) is 104 cm³/mol. The van der Waals surface area contributed by atoms with Gasteiger partial charge < -0.3 is 10.1 Å². The van der Waals surface area contributed by atoms with Crippen molar-refractivity contribution in [3.8, 4) is 0 Å². The van der Waals surface area contributed by atoms with Crippen LogP contribution in [0.5, 0.6) is 0 Å². The largest absolute Gasteiger partial charge is 0.452 e. The Balaban J connectivity index is 2.78. The third kappa shape index (κ3) is 7.48. The molecule has 9 heteroatoms. The maximum Gasteiger partial charge on any atom is 0.338 e.